The van der Waals surface area contributed by atoms with Crippen LogP contribution >= 0.6 is 0 Å². The van der Waals surface area contributed by atoms with Crippen molar-refractivity contribution in [1.29, 1.82) is 0 Å². The van der Waals surface area contributed by atoms with E-state index in [1.165, 1.54) is 0 Å². The summed E-state index contributed by atoms with van der Waals surface area (Å²) in [6.07, 6.45) is -4.52. The van der Waals surface area contributed by atoms with Gasteiger partial charge in [0.15, 0.2) is 0 Å². The normalized spacial score (nSPS) is 27.3. The number of rotatable bonds is 10. The second-order valence-electron chi connectivity index (χ2n) is 4.91. The van der Waals surface area contributed by atoms with Gasteiger partial charge in [0, 0.05) is 6.42 Å². The Kier molecular flexibility index (Phi) is 5.44. The molecule has 0 radical (unpaired) electrons. The molecule has 2 aliphatic heterocycles. The van der Waals surface area contributed by atoms with Crippen molar-refractivity contribution in [3.8, 4) is 0 Å². The van der Waals surface area contributed by atoms with Crippen molar-refractivity contribution in [2.45, 2.75) is 43.8 Å². The Morgan fingerprint density at radius 2 is 1.74 bits per heavy atom. The van der Waals surface area contributed by atoms with E-state index in [1.54, 1.807) is 0 Å². The van der Waals surface area contributed by atoms with Crippen molar-refractivity contribution < 1.29 is 32.1 Å². The molecule has 7 heteroatoms. The molecule has 0 spiro atoms. The number of epoxide rings is 2. The Morgan fingerprint density at radius 1 is 1.11 bits per heavy atom. The Morgan fingerprint density at radius 3 is 2.32 bits per heavy atom. The Labute approximate surface area is 110 Å². The Bertz CT molecular complexity index is 264. The van der Waals surface area contributed by atoms with E-state index in [0.717, 1.165) is 0 Å². The first-order chi connectivity index (χ1) is 9.03. The van der Waals surface area contributed by atoms with Gasteiger partial charge in [-0.05, 0) is 12.8 Å². The van der Waals surface area contributed by atoms with Crippen LogP contribution < -0.4 is 0 Å². The van der Waals surface area contributed by atoms with E-state index in [0.29, 0.717) is 39.5 Å². The van der Waals surface area contributed by atoms with Crippen molar-refractivity contribution in [2.75, 3.05) is 33.0 Å². The van der Waals surface area contributed by atoms with Crippen LogP contribution in [0.1, 0.15) is 19.3 Å². The lowest BCUT2D eigenvalue weighted by molar-refractivity contribution is -0.137. The van der Waals surface area contributed by atoms with Crippen molar-refractivity contribution in [3.05, 3.63) is 0 Å². The maximum absolute atomic E-state index is 12.1. The van der Waals surface area contributed by atoms with Crippen LogP contribution in [-0.4, -0.2) is 57.5 Å². The van der Waals surface area contributed by atoms with E-state index in [4.69, 9.17) is 18.9 Å². The fourth-order valence-electron chi connectivity index (χ4n) is 1.65. The molecule has 2 aliphatic rings. The highest BCUT2D eigenvalue weighted by molar-refractivity contribution is 4.71. The second-order valence-corrected chi connectivity index (χ2v) is 4.91. The van der Waals surface area contributed by atoms with Crippen molar-refractivity contribution in [3.63, 3.8) is 0 Å². The van der Waals surface area contributed by atoms with Gasteiger partial charge in [0.25, 0.3) is 0 Å². The first-order valence-electron chi connectivity index (χ1n) is 6.52. The summed E-state index contributed by atoms with van der Waals surface area (Å²) in [6.45, 7) is 2.60. The highest BCUT2D eigenvalue weighted by Gasteiger charge is 2.29. The van der Waals surface area contributed by atoms with Crippen LogP contribution in [-0.2, 0) is 18.9 Å². The van der Waals surface area contributed by atoms with Crippen molar-refractivity contribution in [1.82, 2.24) is 0 Å². The summed E-state index contributed by atoms with van der Waals surface area (Å²) in [7, 11) is 0. The molecule has 19 heavy (non-hydrogen) atoms. The third kappa shape index (κ3) is 7.71. The number of alkyl halides is 3. The predicted octanol–water partition coefficient (Wildman–Crippen LogP) is 1.92. The molecule has 0 amide bonds. The fraction of sp³-hybridized carbons (Fsp3) is 1.00. The van der Waals surface area contributed by atoms with E-state index < -0.39 is 12.6 Å². The molecule has 4 nitrogen and oxygen atoms in total. The van der Waals surface area contributed by atoms with E-state index in [2.05, 4.69) is 0 Å². The van der Waals surface area contributed by atoms with Gasteiger partial charge in [0.1, 0.15) is 12.2 Å². The minimum Gasteiger partial charge on any atom is -0.376 e. The molecule has 0 N–H and O–H groups in total. The monoisotopic (exact) mass is 284 g/mol. The van der Waals surface area contributed by atoms with Crippen LogP contribution in [0.5, 0.6) is 0 Å². The lowest BCUT2D eigenvalue weighted by Gasteiger charge is -2.18. The molecule has 0 aliphatic carbocycles. The van der Waals surface area contributed by atoms with Crippen molar-refractivity contribution in [2.24, 2.45) is 0 Å². The van der Waals surface area contributed by atoms with Crippen LogP contribution in [0.4, 0.5) is 13.2 Å². The summed E-state index contributed by atoms with van der Waals surface area (Å²) in [5.74, 6) is 0. The maximum atomic E-state index is 12.1. The van der Waals surface area contributed by atoms with Gasteiger partial charge >= 0.3 is 6.18 Å². The quantitative estimate of drug-likeness (QED) is 0.575. The van der Waals surface area contributed by atoms with Gasteiger partial charge in [-0.3, -0.25) is 0 Å². The van der Waals surface area contributed by atoms with Gasteiger partial charge in [0.2, 0.25) is 0 Å². The van der Waals surface area contributed by atoms with Crippen LogP contribution in [0.2, 0.25) is 0 Å². The summed E-state index contributed by atoms with van der Waals surface area (Å²) in [5, 5.41) is 0. The van der Waals surface area contributed by atoms with Gasteiger partial charge in [-0.2, -0.15) is 13.2 Å². The average molecular weight is 284 g/mol. The number of ether oxygens (including phenoxy) is 4. The maximum Gasteiger partial charge on any atom is 0.389 e. The first kappa shape index (κ1) is 15.0. The minimum absolute atomic E-state index is 0.0585. The summed E-state index contributed by atoms with van der Waals surface area (Å²) in [5.41, 5.74) is 0. The zero-order valence-corrected chi connectivity index (χ0v) is 10.7. The average Bonchev–Trinajstić information content (AvgIpc) is 3.17. The zero-order valence-electron chi connectivity index (χ0n) is 10.7. The van der Waals surface area contributed by atoms with Crippen LogP contribution in [0.15, 0.2) is 0 Å². The molecular formula is C12H19F3O4. The fourth-order valence-corrected chi connectivity index (χ4v) is 1.65. The molecule has 3 unspecified atom stereocenters. The first-order valence-corrected chi connectivity index (χ1v) is 6.52. The second kappa shape index (κ2) is 6.88. The Hall–Kier alpha value is -0.370. The van der Waals surface area contributed by atoms with E-state index in [1.807, 2.05) is 0 Å². The summed E-state index contributed by atoms with van der Waals surface area (Å²) in [6, 6.07) is 0. The molecule has 2 fully saturated rings. The summed E-state index contributed by atoms with van der Waals surface area (Å²) < 4.78 is 57.2. The van der Waals surface area contributed by atoms with Crippen molar-refractivity contribution >= 4 is 0 Å². The highest BCUT2D eigenvalue weighted by atomic mass is 19.4. The lowest BCUT2D eigenvalue weighted by Crippen LogP contribution is -2.24. The number of halogens is 3. The third-order valence-electron chi connectivity index (χ3n) is 2.92. The predicted molar refractivity (Wildman–Crippen MR) is 59.9 cm³/mol. The number of hydrogen-bond acceptors (Lipinski definition) is 4. The van der Waals surface area contributed by atoms with E-state index in [9.17, 15) is 13.2 Å². The van der Waals surface area contributed by atoms with Gasteiger partial charge in [-0.25, -0.2) is 0 Å². The molecule has 0 saturated carbocycles. The van der Waals surface area contributed by atoms with Crippen LogP contribution in [0, 0.1) is 0 Å². The smallest absolute Gasteiger partial charge is 0.376 e. The third-order valence-corrected chi connectivity index (χ3v) is 2.92. The molecular weight excluding hydrogens is 265 g/mol. The molecule has 2 saturated heterocycles. The van der Waals surface area contributed by atoms with Crippen LogP contribution in [0.25, 0.3) is 0 Å². The van der Waals surface area contributed by atoms with Gasteiger partial charge in [-0.1, -0.05) is 0 Å². The molecule has 3 atom stereocenters. The molecule has 2 rings (SSSR count). The van der Waals surface area contributed by atoms with E-state index >= 15 is 0 Å². The lowest BCUT2D eigenvalue weighted by atomic mass is 10.1. The molecule has 2 heterocycles. The zero-order chi connectivity index (χ0) is 13.7. The van der Waals surface area contributed by atoms with E-state index in [-0.39, 0.29) is 24.7 Å². The van der Waals surface area contributed by atoms with Gasteiger partial charge < -0.3 is 18.9 Å². The van der Waals surface area contributed by atoms with Gasteiger partial charge in [-0.15, -0.1) is 0 Å². The van der Waals surface area contributed by atoms with Crippen LogP contribution in [0.3, 0.4) is 0 Å². The van der Waals surface area contributed by atoms with Gasteiger partial charge in [0.05, 0.1) is 39.1 Å². The molecule has 112 valence electrons. The molecule has 0 aromatic heterocycles. The molecule has 0 aromatic rings. The summed E-state index contributed by atoms with van der Waals surface area (Å²) >= 11 is 0. The summed E-state index contributed by atoms with van der Waals surface area (Å²) in [4.78, 5) is 0. The number of hydrogen-bond donors (Lipinski definition) is 0. The highest BCUT2D eigenvalue weighted by Crippen LogP contribution is 2.23. The molecule has 0 bridgehead atoms. The topological polar surface area (TPSA) is 43.5 Å². The largest absolute Gasteiger partial charge is 0.389 e. The SMILES string of the molecule is FC(F)(F)CCCC(COCC1CO1)OCC1CO1. The molecule has 0 aromatic carbocycles. The standard InChI is InChI=1S/C12H19F3O4/c13-12(14,15)3-1-2-9(17-7-11-8-19-11)4-16-5-10-6-18-10/h9-11H,1-8H2. The minimum atomic E-state index is -4.10. The Balaban J connectivity index is 1.59.